The molecule has 23 heavy (non-hydrogen) atoms. The fraction of sp³-hybridized carbons (Fsp3) is 0.316. The molecule has 2 aromatic rings. The SMILES string of the molecule is CCc1ccc(OCCCOc2c(C=O)cccc2OC)cc1. The van der Waals surface area contributed by atoms with Gasteiger partial charge in [0.05, 0.1) is 25.9 Å². The summed E-state index contributed by atoms with van der Waals surface area (Å²) in [7, 11) is 1.56. The van der Waals surface area contributed by atoms with Crippen molar-refractivity contribution < 1.29 is 19.0 Å². The van der Waals surface area contributed by atoms with Gasteiger partial charge in [-0.3, -0.25) is 4.79 Å². The molecule has 0 aliphatic rings. The summed E-state index contributed by atoms with van der Waals surface area (Å²) in [6.45, 7) is 3.13. The molecule has 0 saturated carbocycles. The summed E-state index contributed by atoms with van der Waals surface area (Å²) < 4.78 is 16.6. The molecule has 0 radical (unpaired) electrons. The number of hydrogen-bond acceptors (Lipinski definition) is 4. The first kappa shape index (κ1) is 16.9. The van der Waals surface area contributed by atoms with Gasteiger partial charge in [-0.25, -0.2) is 0 Å². The van der Waals surface area contributed by atoms with E-state index in [9.17, 15) is 4.79 Å². The van der Waals surface area contributed by atoms with Gasteiger partial charge < -0.3 is 14.2 Å². The minimum absolute atomic E-state index is 0.453. The molecule has 0 spiro atoms. The number of aldehydes is 1. The van der Waals surface area contributed by atoms with Gasteiger partial charge in [-0.15, -0.1) is 0 Å². The molecule has 0 aliphatic heterocycles. The van der Waals surface area contributed by atoms with Crippen molar-refractivity contribution in [1.29, 1.82) is 0 Å². The molecule has 0 aromatic heterocycles. The van der Waals surface area contributed by atoms with Crippen LogP contribution in [0, 0.1) is 0 Å². The van der Waals surface area contributed by atoms with Gasteiger partial charge in [0.2, 0.25) is 0 Å². The summed E-state index contributed by atoms with van der Waals surface area (Å²) in [4.78, 5) is 11.1. The highest BCUT2D eigenvalue weighted by Gasteiger charge is 2.09. The monoisotopic (exact) mass is 314 g/mol. The van der Waals surface area contributed by atoms with Crippen molar-refractivity contribution in [3.8, 4) is 17.2 Å². The third-order valence-electron chi connectivity index (χ3n) is 3.49. The molecule has 2 aromatic carbocycles. The van der Waals surface area contributed by atoms with Crippen LogP contribution < -0.4 is 14.2 Å². The zero-order valence-electron chi connectivity index (χ0n) is 13.6. The number of benzene rings is 2. The highest BCUT2D eigenvalue weighted by molar-refractivity contribution is 5.81. The Morgan fingerprint density at radius 3 is 2.39 bits per heavy atom. The van der Waals surface area contributed by atoms with Crippen LogP contribution in [0.25, 0.3) is 0 Å². The minimum Gasteiger partial charge on any atom is -0.493 e. The second kappa shape index (κ2) is 8.83. The summed E-state index contributed by atoms with van der Waals surface area (Å²) in [6, 6.07) is 13.3. The average molecular weight is 314 g/mol. The van der Waals surface area contributed by atoms with Crippen LogP contribution in [0.3, 0.4) is 0 Å². The van der Waals surface area contributed by atoms with E-state index in [0.717, 1.165) is 18.5 Å². The quantitative estimate of drug-likeness (QED) is 0.520. The Bertz CT molecular complexity index is 620. The Morgan fingerprint density at radius 1 is 1.00 bits per heavy atom. The second-order valence-corrected chi connectivity index (χ2v) is 5.04. The van der Waals surface area contributed by atoms with Gasteiger partial charge in [0.1, 0.15) is 5.75 Å². The standard InChI is InChI=1S/C19H22O4/c1-3-15-8-10-17(11-9-15)22-12-5-13-23-19-16(14-20)6-4-7-18(19)21-2/h4,6-11,14H,3,5,12-13H2,1-2H3. The van der Waals surface area contributed by atoms with Gasteiger partial charge in [0, 0.05) is 6.42 Å². The topological polar surface area (TPSA) is 44.8 Å². The van der Waals surface area contributed by atoms with E-state index >= 15 is 0 Å². The van der Waals surface area contributed by atoms with E-state index in [2.05, 4.69) is 19.1 Å². The average Bonchev–Trinajstić information content (AvgIpc) is 2.61. The molecule has 0 heterocycles. The Kier molecular flexibility index (Phi) is 6.48. The fourth-order valence-corrected chi connectivity index (χ4v) is 2.19. The summed E-state index contributed by atoms with van der Waals surface area (Å²) in [5.74, 6) is 1.90. The lowest BCUT2D eigenvalue weighted by Crippen LogP contribution is -2.07. The van der Waals surface area contributed by atoms with Gasteiger partial charge >= 0.3 is 0 Å². The number of carbonyl (C=O) groups excluding carboxylic acids is 1. The minimum atomic E-state index is 0.453. The van der Waals surface area contributed by atoms with Crippen molar-refractivity contribution in [3.63, 3.8) is 0 Å². The van der Waals surface area contributed by atoms with Crippen molar-refractivity contribution in [2.75, 3.05) is 20.3 Å². The lowest BCUT2D eigenvalue weighted by Gasteiger charge is -2.12. The molecule has 4 heteroatoms. The van der Waals surface area contributed by atoms with Crippen LogP contribution in [-0.2, 0) is 6.42 Å². The van der Waals surface area contributed by atoms with Crippen molar-refractivity contribution in [2.45, 2.75) is 19.8 Å². The number of rotatable bonds is 9. The second-order valence-electron chi connectivity index (χ2n) is 5.04. The molecule has 0 atom stereocenters. The van der Waals surface area contributed by atoms with Crippen LogP contribution >= 0.6 is 0 Å². The van der Waals surface area contributed by atoms with E-state index in [1.807, 2.05) is 12.1 Å². The van der Waals surface area contributed by atoms with Crippen molar-refractivity contribution in [1.82, 2.24) is 0 Å². The van der Waals surface area contributed by atoms with Crippen LogP contribution in [0.15, 0.2) is 42.5 Å². The van der Waals surface area contributed by atoms with Crippen molar-refractivity contribution in [3.05, 3.63) is 53.6 Å². The maximum Gasteiger partial charge on any atom is 0.171 e. The summed E-state index contributed by atoms with van der Waals surface area (Å²) >= 11 is 0. The third-order valence-corrected chi connectivity index (χ3v) is 3.49. The number of carbonyl (C=O) groups is 1. The number of para-hydroxylation sites is 1. The highest BCUT2D eigenvalue weighted by Crippen LogP contribution is 2.30. The zero-order chi connectivity index (χ0) is 16.5. The summed E-state index contributed by atoms with van der Waals surface area (Å²) in [6.07, 6.45) is 2.50. The first-order valence-corrected chi connectivity index (χ1v) is 7.75. The lowest BCUT2D eigenvalue weighted by atomic mass is 10.2. The van der Waals surface area contributed by atoms with Crippen LogP contribution in [0.2, 0.25) is 0 Å². The molecule has 0 amide bonds. The Hall–Kier alpha value is -2.49. The van der Waals surface area contributed by atoms with Gasteiger partial charge in [0.15, 0.2) is 17.8 Å². The highest BCUT2D eigenvalue weighted by atomic mass is 16.5. The van der Waals surface area contributed by atoms with Crippen molar-refractivity contribution in [2.24, 2.45) is 0 Å². The van der Waals surface area contributed by atoms with E-state index in [1.54, 1.807) is 25.3 Å². The van der Waals surface area contributed by atoms with Crippen molar-refractivity contribution >= 4 is 6.29 Å². The molecule has 0 bridgehead atoms. The van der Waals surface area contributed by atoms with E-state index in [1.165, 1.54) is 5.56 Å². The molecule has 0 saturated heterocycles. The molecule has 0 aliphatic carbocycles. The lowest BCUT2D eigenvalue weighted by molar-refractivity contribution is 0.111. The normalized spacial score (nSPS) is 10.2. The number of ether oxygens (including phenoxy) is 3. The van der Waals surface area contributed by atoms with E-state index in [4.69, 9.17) is 14.2 Å². The Balaban J connectivity index is 1.80. The van der Waals surface area contributed by atoms with E-state index in [-0.39, 0.29) is 0 Å². The first-order chi connectivity index (χ1) is 11.3. The third kappa shape index (κ3) is 4.74. The summed E-state index contributed by atoms with van der Waals surface area (Å²) in [5, 5.41) is 0. The maximum atomic E-state index is 11.1. The molecule has 0 fully saturated rings. The van der Waals surface area contributed by atoms with Crippen LogP contribution in [0.5, 0.6) is 17.2 Å². The number of hydrogen-bond donors (Lipinski definition) is 0. The van der Waals surface area contributed by atoms with E-state index in [0.29, 0.717) is 36.7 Å². The maximum absolute atomic E-state index is 11.1. The summed E-state index contributed by atoms with van der Waals surface area (Å²) in [5.41, 5.74) is 1.78. The number of methoxy groups -OCH3 is 1. The first-order valence-electron chi connectivity index (χ1n) is 7.75. The molecular weight excluding hydrogens is 292 g/mol. The Labute approximate surface area is 137 Å². The Morgan fingerprint density at radius 2 is 1.74 bits per heavy atom. The number of aryl methyl sites for hydroxylation is 1. The van der Waals surface area contributed by atoms with Gasteiger partial charge in [-0.05, 0) is 36.2 Å². The molecule has 122 valence electrons. The molecule has 0 N–H and O–H groups in total. The van der Waals surface area contributed by atoms with Crippen LogP contribution in [-0.4, -0.2) is 26.6 Å². The molecular formula is C19H22O4. The molecule has 2 rings (SSSR count). The van der Waals surface area contributed by atoms with Gasteiger partial charge in [-0.2, -0.15) is 0 Å². The molecule has 0 unspecified atom stereocenters. The van der Waals surface area contributed by atoms with Crippen LogP contribution in [0.4, 0.5) is 0 Å². The largest absolute Gasteiger partial charge is 0.493 e. The fourth-order valence-electron chi connectivity index (χ4n) is 2.19. The van der Waals surface area contributed by atoms with Crippen LogP contribution in [0.1, 0.15) is 29.3 Å². The van der Waals surface area contributed by atoms with Gasteiger partial charge in [0.25, 0.3) is 0 Å². The predicted octanol–water partition coefficient (Wildman–Crippen LogP) is 3.92. The molecule has 4 nitrogen and oxygen atoms in total. The zero-order valence-corrected chi connectivity index (χ0v) is 13.6. The van der Waals surface area contributed by atoms with Gasteiger partial charge in [-0.1, -0.05) is 25.1 Å². The van der Waals surface area contributed by atoms with E-state index < -0.39 is 0 Å². The smallest absolute Gasteiger partial charge is 0.171 e. The predicted molar refractivity (Wildman–Crippen MR) is 89.8 cm³/mol.